The first kappa shape index (κ1) is 18.3. The number of hydrogen-bond donors (Lipinski definition) is 2. The fourth-order valence-electron chi connectivity index (χ4n) is 3.06. The Labute approximate surface area is 141 Å². The predicted octanol–water partition coefficient (Wildman–Crippen LogP) is 0.616. The number of aromatic nitrogens is 2. The van der Waals surface area contributed by atoms with Crippen LogP contribution in [0.25, 0.3) is 0 Å². The molecule has 3 N–H and O–H groups in total. The summed E-state index contributed by atoms with van der Waals surface area (Å²) in [4.78, 5) is 40.5. The average Bonchev–Trinajstić information content (AvgIpc) is 3.10. The van der Waals surface area contributed by atoms with Gasteiger partial charge in [-0.15, -0.1) is 0 Å². The van der Waals surface area contributed by atoms with E-state index in [-0.39, 0.29) is 29.7 Å². The minimum Gasteiger partial charge on any atom is -0.346 e. The van der Waals surface area contributed by atoms with Gasteiger partial charge in [-0.3, -0.25) is 19.0 Å². The molecule has 0 spiro atoms. The van der Waals surface area contributed by atoms with Crippen LogP contribution >= 0.6 is 0 Å². The minimum atomic E-state index is -0.572. The Morgan fingerprint density at radius 1 is 1.33 bits per heavy atom. The molecule has 0 aliphatic heterocycles. The van der Waals surface area contributed by atoms with Crippen LogP contribution in [0.3, 0.4) is 0 Å². The Balaban J connectivity index is 2.00. The van der Waals surface area contributed by atoms with Crippen LogP contribution in [0, 0.1) is 5.92 Å². The van der Waals surface area contributed by atoms with Crippen molar-refractivity contribution in [1.82, 2.24) is 14.9 Å². The van der Waals surface area contributed by atoms with E-state index in [0.717, 1.165) is 38.5 Å². The van der Waals surface area contributed by atoms with Crippen molar-refractivity contribution >= 4 is 11.7 Å². The van der Waals surface area contributed by atoms with Crippen molar-refractivity contribution in [3.63, 3.8) is 0 Å². The summed E-state index contributed by atoms with van der Waals surface area (Å²) in [5.74, 6) is -0.207. The highest BCUT2D eigenvalue weighted by Crippen LogP contribution is 2.25. The maximum atomic E-state index is 12.6. The molecule has 1 aromatic rings. The first-order chi connectivity index (χ1) is 11.6. The molecule has 0 bridgehead atoms. The van der Waals surface area contributed by atoms with Gasteiger partial charge in [0.05, 0.1) is 18.9 Å². The van der Waals surface area contributed by atoms with Crippen molar-refractivity contribution in [2.24, 2.45) is 11.7 Å². The third kappa shape index (κ3) is 5.26. The van der Waals surface area contributed by atoms with E-state index in [9.17, 15) is 14.4 Å². The molecule has 1 aliphatic rings. The molecule has 1 amide bonds. The van der Waals surface area contributed by atoms with E-state index >= 15 is 0 Å². The van der Waals surface area contributed by atoms with Crippen LogP contribution in [-0.4, -0.2) is 33.8 Å². The number of hydrogen-bond acceptors (Lipinski definition) is 5. The molecule has 0 saturated heterocycles. The summed E-state index contributed by atoms with van der Waals surface area (Å²) in [6.07, 6.45) is 8.75. The lowest BCUT2D eigenvalue weighted by atomic mass is 10.0. The number of nitrogens with two attached hydrogens (primary N) is 1. The van der Waals surface area contributed by atoms with Crippen molar-refractivity contribution in [3.05, 3.63) is 28.9 Å². The Hall–Kier alpha value is -2.02. The second kappa shape index (κ2) is 9.32. The van der Waals surface area contributed by atoms with E-state index < -0.39 is 6.04 Å². The average molecular weight is 334 g/mol. The van der Waals surface area contributed by atoms with Gasteiger partial charge in [-0.2, -0.15) is 0 Å². The van der Waals surface area contributed by atoms with Gasteiger partial charge in [-0.25, -0.2) is 4.98 Å². The van der Waals surface area contributed by atoms with Crippen LogP contribution in [0.5, 0.6) is 0 Å². The Morgan fingerprint density at radius 2 is 2.08 bits per heavy atom. The minimum absolute atomic E-state index is 0.0101. The molecule has 2 rings (SSSR count). The highest BCUT2D eigenvalue weighted by atomic mass is 16.2. The van der Waals surface area contributed by atoms with Gasteiger partial charge < -0.3 is 11.1 Å². The van der Waals surface area contributed by atoms with Crippen LogP contribution in [0.4, 0.5) is 0 Å². The van der Waals surface area contributed by atoms with Crippen LogP contribution < -0.4 is 16.6 Å². The summed E-state index contributed by atoms with van der Waals surface area (Å²) in [7, 11) is 0. The molecule has 1 fully saturated rings. The van der Waals surface area contributed by atoms with E-state index in [1.54, 1.807) is 0 Å². The lowest BCUT2D eigenvalue weighted by Crippen LogP contribution is -2.45. The van der Waals surface area contributed by atoms with E-state index in [2.05, 4.69) is 10.3 Å². The highest BCUT2D eigenvalue weighted by Gasteiger charge is 2.27. The van der Waals surface area contributed by atoms with Gasteiger partial charge >= 0.3 is 0 Å². The third-order valence-corrected chi connectivity index (χ3v) is 4.50. The standard InChI is InChI=1S/C17H26N4O3/c18-9-4-3-7-14(20-17(24)13-5-1-2-6-13)15(22)11-21-12-19-10-8-16(21)23/h8,10,12-14H,1-7,9,11,18H2,(H,20,24). The van der Waals surface area contributed by atoms with Crippen LogP contribution in [-0.2, 0) is 16.1 Å². The first-order valence-corrected chi connectivity index (χ1v) is 8.65. The van der Waals surface area contributed by atoms with E-state index in [0.29, 0.717) is 13.0 Å². The topological polar surface area (TPSA) is 107 Å². The molecule has 132 valence electrons. The van der Waals surface area contributed by atoms with Crippen molar-refractivity contribution in [2.75, 3.05) is 6.54 Å². The molecule has 1 aromatic heterocycles. The summed E-state index contributed by atoms with van der Waals surface area (Å²) < 4.78 is 1.26. The second-order valence-electron chi connectivity index (χ2n) is 6.34. The zero-order valence-corrected chi connectivity index (χ0v) is 13.9. The SMILES string of the molecule is NCCCCC(NC(=O)C1CCCC1)C(=O)Cn1cnccc1=O. The lowest BCUT2D eigenvalue weighted by Gasteiger charge is -2.20. The molecule has 24 heavy (non-hydrogen) atoms. The zero-order chi connectivity index (χ0) is 17.4. The number of unbranched alkanes of at least 4 members (excludes halogenated alkanes) is 1. The molecule has 0 aromatic carbocycles. The van der Waals surface area contributed by atoms with Crippen molar-refractivity contribution in [1.29, 1.82) is 0 Å². The normalized spacial score (nSPS) is 16.0. The number of ketones is 1. The predicted molar refractivity (Wildman–Crippen MR) is 90.3 cm³/mol. The van der Waals surface area contributed by atoms with Crippen molar-refractivity contribution < 1.29 is 9.59 Å². The van der Waals surface area contributed by atoms with Crippen molar-refractivity contribution in [2.45, 2.75) is 57.5 Å². The fourth-order valence-corrected chi connectivity index (χ4v) is 3.06. The van der Waals surface area contributed by atoms with E-state index in [4.69, 9.17) is 5.73 Å². The van der Waals surface area contributed by atoms with Gasteiger partial charge in [0.25, 0.3) is 5.56 Å². The van der Waals surface area contributed by atoms with Gasteiger partial charge in [0.2, 0.25) is 5.91 Å². The number of carbonyl (C=O) groups is 2. The maximum Gasteiger partial charge on any atom is 0.253 e. The monoisotopic (exact) mass is 334 g/mol. The molecule has 0 radical (unpaired) electrons. The number of Topliss-reactive ketones (excluding diaryl/α,β-unsaturated/α-hetero) is 1. The number of carbonyl (C=O) groups excluding carboxylic acids is 2. The van der Waals surface area contributed by atoms with Crippen LogP contribution in [0.2, 0.25) is 0 Å². The van der Waals surface area contributed by atoms with Crippen molar-refractivity contribution in [3.8, 4) is 0 Å². The largest absolute Gasteiger partial charge is 0.346 e. The van der Waals surface area contributed by atoms with E-state index in [1.807, 2.05) is 0 Å². The molecule has 7 heteroatoms. The van der Waals surface area contributed by atoms with Gasteiger partial charge in [0.15, 0.2) is 5.78 Å². The molecule has 7 nitrogen and oxygen atoms in total. The smallest absolute Gasteiger partial charge is 0.253 e. The molecule has 1 saturated carbocycles. The summed E-state index contributed by atoms with van der Waals surface area (Å²) in [5, 5.41) is 2.89. The lowest BCUT2D eigenvalue weighted by molar-refractivity contribution is -0.130. The van der Waals surface area contributed by atoms with Gasteiger partial charge in [0.1, 0.15) is 0 Å². The van der Waals surface area contributed by atoms with Gasteiger partial charge in [0, 0.05) is 18.2 Å². The molecule has 1 unspecified atom stereocenters. The zero-order valence-electron chi connectivity index (χ0n) is 13.9. The number of amides is 1. The van der Waals surface area contributed by atoms with Crippen LogP contribution in [0.1, 0.15) is 44.9 Å². The summed E-state index contributed by atoms with van der Waals surface area (Å²) in [6, 6.07) is 0.741. The first-order valence-electron chi connectivity index (χ1n) is 8.65. The molecular weight excluding hydrogens is 308 g/mol. The molecule has 1 heterocycles. The van der Waals surface area contributed by atoms with Gasteiger partial charge in [-0.1, -0.05) is 12.8 Å². The summed E-state index contributed by atoms with van der Waals surface area (Å²) in [5.41, 5.74) is 5.23. The summed E-state index contributed by atoms with van der Waals surface area (Å²) in [6.45, 7) is 0.477. The Bertz CT molecular complexity index is 608. The molecule has 1 atom stereocenters. The third-order valence-electron chi connectivity index (χ3n) is 4.50. The number of nitrogens with one attached hydrogen (secondary N) is 1. The number of nitrogens with zero attached hydrogens (tertiary/aromatic N) is 2. The second-order valence-corrected chi connectivity index (χ2v) is 6.34. The summed E-state index contributed by atoms with van der Waals surface area (Å²) >= 11 is 0. The molecular formula is C17H26N4O3. The highest BCUT2D eigenvalue weighted by molar-refractivity contribution is 5.89. The maximum absolute atomic E-state index is 12.6. The number of rotatable bonds is 9. The van der Waals surface area contributed by atoms with Crippen LogP contribution in [0.15, 0.2) is 23.4 Å². The van der Waals surface area contributed by atoms with E-state index in [1.165, 1.54) is 23.2 Å². The Kier molecular flexibility index (Phi) is 7.11. The Morgan fingerprint density at radius 3 is 2.75 bits per heavy atom. The fraction of sp³-hybridized carbons (Fsp3) is 0.647. The van der Waals surface area contributed by atoms with Gasteiger partial charge in [-0.05, 0) is 38.6 Å². The molecule has 1 aliphatic carbocycles. The quantitative estimate of drug-likeness (QED) is 0.644.